The fourth-order valence-corrected chi connectivity index (χ4v) is 7.96. The smallest absolute Gasteiger partial charge is 0.224 e. The van der Waals surface area contributed by atoms with Gasteiger partial charge in [-0.05, 0) is 150 Å². The van der Waals surface area contributed by atoms with Crippen LogP contribution in [0.15, 0.2) is 94.4 Å². The van der Waals surface area contributed by atoms with Gasteiger partial charge in [-0.1, -0.05) is 56.6 Å². The molecule has 0 unspecified atom stereocenters. The molecular weight excluding hydrogens is 981 g/mol. The fraction of sp³-hybridized carbons (Fsp3) is 0.268. The molecule has 2 aromatic carbocycles. The molecule has 4 heterocycles. The quantitative estimate of drug-likeness (QED) is 0.0574. The topological polar surface area (TPSA) is 170 Å². The second kappa shape index (κ2) is 24.3. The Morgan fingerprint density at radius 2 is 1.19 bits per heavy atom. The number of nitrogen functional groups attached to an aromatic ring is 1. The van der Waals surface area contributed by atoms with E-state index in [9.17, 15) is 9.13 Å². The average Bonchev–Trinajstić information content (AvgIpc) is 3.16. The summed E-state index contributed by atoms with van der Waals surface area (Å²) in [5.74, 6) is 0.515. The van der Waals surface area contributed by atoms with Gasteiger partial charge in [-0.25, -0.2) is 15.0 Å². The van der Waals surface area contributed by atoms with Gasteiger partial charge in [0.05, 0.1) is 26.0 Å². The van der Waals surface area contributed by atoms with E-state index in [4.69, 9.17) is 45.6 Å². The zero-order chi connectivity index (χ0) is 43.2. The lowest BCUT2D eigenvalue weighted by atomic mass is 10.1. The molecular formula is C41H49Br2Cl3N8O3P2. The van der Waals surface area contributed by atoms with E-state index < -0.39 is 14.3 Å². The summed E-state index contributed by atoms with van der Waals surface area (Å²) in [5.41, 5.74) is 13.0. The Morgan fingerprint density at radius 3 is 1.61 bits per heavy atom. The number of aromatic nitrogens is 6. The number of aliphatic hydroxyl groups excluding tert-OH is 1. The van der Waals surface area contributed by atoms with E-state index in [0.717, 1.165) is 57.1 Å². The van der Waals surface area contributed by atoms with Crippen molar-refractivity contribution in [3.8, 4) is 22.5 Å². The summed E-state index contributed by atoms with van der Waals surface area (Å²) >= 11 is 23.3. The summed E-state index contributed by atoms with van der Waals surface area (Å²) in [5, 5.41) is 13.3. The van der Waals surface area contributed by atoms with E-state index in [1.807, 2.05) is 80.8 Å². The summed E-state index contributed by atoms with van der Waals surface area (Å²) in [4.78, 5) is 24.2. The van der Waals surface area contributed by atoms with Crippen molar-refractivity contribution < 1.29 is 14.2 Å². The van der Waals surface area contributed by atoms with Gasteiger partial charge in [0.2, 0.25) is 10.6 Å². The standard InChI is InChI=1S/C18H17BrClN4OP.C14H17N2OP.C4HBrCl2N2.C4H10O.CH4/c1-11-4-6-14(21-9-11)12-5-7-15(16(8-12)26(2,3)25)23-17-13(19)10-22-18(20)24-17;1-10-4-7-13(16-9-10)11-5-6-12(15)14(8-11)18(2,3)17;5-2-1-8-4(7)9-3(2)6;1-2-3-4-5;/h4-10H,1-3H3,(H,22,23,24);4-9H,15H2,1-3H3;1H;5H,2-4H2,1H3;1H4. The monoisotopic (exact) mass is 1030 g/mol. The second-order valence-electron chi connectivity index (χ2n) is 13.5. The fourth-order valence-electron chi connectivity index (χ4n) is 4.73. The zero-order valence-electron chi connectivity index (χ0n) is 33.0. The molecule has 0 fully saturated rings. The Hall–Kier alpha value is -3.25. The SMILES string of the molecule is C.CCCCO.Cc1ccc(-c2ccc(N)c(P(C)(C)=O)c2)nc1.Cc1ccc(-c2ccc(Nc3nc(Cl)ncc3Br)c(P(C)(C)=O)c2)nc1.Clc1ncc(Br)c(Cl)n1. The number of nitrogens with two attached hydrogens (primary N) is 1. The van der Waals surface area contributed by atoms with Gasteiger partial charge >= 0.3 is 0 Å². The molecule has 0 amide bonds. The van der Waals surface area contributed by atoms with Gasteiger partial charge in [0, 0.05) is 58.8 Å². The van der Waals surface area contributed by atoms with Crippen LogP contribution in [-0.4, -0.2) is 68.3 Å². The molecule has 0 bridgehead atoms. The molecule has 6 aromatic rings. The van der Waals surface area contributed by atoms with Gasteiger partial charge in [0.25, 0.3) is 0 Å². The highest BCUT2D eigenvalue weighted by Gasteiger charge is 2.19. The summed E-state index contributed by atoms with van der Waals surface area (Å²) in [7, 11) is -4.92. The highest BCUT2D eigenvalue weighted by Crippen LogP contribution is 2.41. The average molecular weight is 1030 g/mol. The maximum atomic E-state index is 12.9. The van der Waals surface area contributed by atoms with Crippen molar-refractivity contribution in [1.29, 1.82) is 0 Å². The number of halogens is 5. The van der Waals surface area contributed by atoms with E-state index in [0.29, 0.717) is 37.9 Å². The number of rotatable bonds is 8. The molecule has 0 aliphatic rings. The van der Waals surface area contributed by atoms with Crippen molar-refractivity contribution in [3.05, 3.63) is 121 Å². The van der Waals surface area contributed by atoms with Crippen LogP contribution in [0.4, 0.5) is 17.2 Å². The minimum Gasteiger partial charge on any atom is -0.398 e. The Bertz CT molecular complexity index is 2380. The second-order valence-corrected chi connectivity index (χ2v) is 22.6. The van der Waals surface area contributed by atoms with Gasteiger partial charge in [0.15, 0.2) is 0 Å². The van der Waals surface area contributed by atoms with Gasteiger partial charge in [-0.3, -0.25) is 9.97 Å². The van der Waals surface area contributed by atoms with Crippen LogP contribution in [0.1, 0.15) is 38.3 Å². The highest BCUT2D eigenvalue weighted by atomic mass is 79.9. The van der Waals surface area contributed by atoms with Crippen LogP contribution in [0, 0.1) is 13.8 Å². The van der Waals surface area contributed by atoms with Crippen molar-refractivity contribution in [1.82, 2.24) is 29.9 Å². The van der Waals surface area contributed by atoms with Crippen molar-refractivity contribution in [2.75, 3.05) is 44.3 Å². The molecule has 4 N–H and O–H groups in total. The number of anilines is 3. The van der Waals surface area contributed by atoms with E-state index in [-0.39, 0.29) is 18.0 Å². The van der Waals surface area contributed by atoms with Gasteiger partial charge in [-0.2, -0.15) is 4.98 Å². The molecule has 0 spiro atoms. The first kappa shape index (κ1) is 51.9. The van der Waals surface area contributed by atoms with Crippen molar-refractivity contribution in [2.24, 2.45) is 0 Å². The molecule has 0 radical (unpaired) electrons. The number of hydrogen-bond acceptors (Lipinski definition) is 11. The largest absolute Gasteiger partial charge is 0.398 e. The first-order valence-electron chi connectivity index (χ1n) is 17.6. The lowest BCUT2D eigenvalue weighted by Gasteiger charge is -2.17. The van der Waals surface area contributed by atoms with Crippen LogP contribution in [0.5, 0.6) is 0 Å². The highest BCUT2D eigenvalue weighted by molar-refractivity contribution is 9.11. The molecule has 4 aromatic heterocycles. The first-order chi connectivity index (χ1) is 27.2. The first-order valence-corrected chi connectivity index (χ1v) is 25.6. The van der Waals surface area contributed by atoms with Crippen LogP contribution >= 0.6 is 80.9 Å². The molecule has 59 heavy (non-hydrogen) atoms. The maximum absolute atomic E-state index is 12.9. The third kappa shape index (κ3) is 17.0. The Labute approximate surface area is 379 Å². The number of aryl methyl sites for hydroxylation is 2. The van der Waals surface area contributed by atoms with Crippen molar-refractivity contribution in [2.45, 2.75) is 41.0 Å². The summed E-state index contributed by atoms with van der Waals surface area (Å²) in [6, 6.07) is 19.3. The molecule has 0 aliphatic heterocycles. The number of nitrogens with zero attached hydrogens (tertiary/aromatic N) is 6. The molecule has 0 atom stereocenters. The molecule has 0 aliphatic carbocycles. The van der Waals surface area contributed by atoms with E-state index in [1.165, 1.54) is 6.20 Å². The zero-order valence-corrected chi connectivity index (χ0v) is 40.2. The molecule has 0 saturated carbocycles. The minimum absolute atomic E-state index is 0. The van der Waals surface area contributed by atoms with Crippen LogP contribution < -0.4 is 21.7 Å². The molecule has 18 heteroatoms. The van der Waals surface area contributed by atoms with Crippen LogP contribution in [0.3, 0.4) is 0 Å². The number of hydrogen-bond donors (Lipinski definition) is 3. The van der Waals surface area contributed by atoms with Crippen LogP contribution in [0.25, 0.3) is 22.5 Å². The van der Waals surface area contributed by atoms with E-state index >= 15 is 0 Å². The minimum atomic E-state index is -2.56. The predicted molar refractivity (Wildman–Crippen MR) is 258 cm³/mol. The van der Waals surface area contributed by atoms with Crippen LogP contribution in [0.2, 0.25) is 15.7 Å². The third-order valence-electron chi connectivity index (χ3n) is 7.75. The molecule has 11 nitrogen and oxygen atoms in total. The summed E-state index contributed by atoms with van der Waals surface area (Å²) in [6.45, 7) is 13.3. The number of aliphatic hydroxyl groups is 1. The lowest BCUT2D eigenvalue weighted by molar-refractivity contribution is 0.287. The number of unbranched alkanes of at least 4 members (excludes halogenated alkanes) is 1. The van der Waals surface area contributed by atoms with E-state index in [2.05, 4.69) is 74.0 Å². The maximum Gasteiger partial charge on any atom is 0.224 e. The van der Waals surface area contributed by atoms with Crippen molar-refractivity contribution >= 4 is 109 Å². The molecule has 0 saturated heterocycles. The van der Waals surface area contributed by atoms with Gasteiger partial charge in [-0.15, -0.1) is 0 Å². The van der Waals surface area contributed by atoms with Gasteiger partial charge in [0.1, 0.15) is 25.3 Å². The Morgan fingerprint density at radius 1 is 0.695 bits per heavy atom. The normalized spacial score (nSPS) is 10.7. The van der Waals surface area contributed by atoms with Crippen molar-refractivity contribution in [3.63, 3.8) is 0 Å². The number of pyridine rings is 2. The lowest BCUT2D eigenvalue weighted by Crippen LogP contribution is -2.11. The number of benzene rings is 2. The third-order valence-corrected chi connectivity index (χ3v) is 12.9. The molecule has 316 valence electrons. The molecule has 6 rings (SSSR count). The van der Waals surface area contributed by atoms with Crippen LogP contribution in [-0.2, 0) is 9.13 Å². The summed E-state index contributed by atoms with van der Waals surface area (Å²) in [6.07, 6.45) is 8.75. The summed E-state index contributed by atoms with van der Waals surface area (Å²) < 4.78 is 26.4. The number of nitrogens with one attached hydrogen (secondary N) is 1. The Balaban J connectivity index is 0.000000313. The Kier molecular flexibility index (Phi) is 21.3. The van der Waals surface area contributed by atoms with Gasteiger partial charge < -0.3 is 25.3 Å². The predicted octanol–water partition coefficient (Wildman–Crippen LogP) is 12.1. The van der Waals surface area contributed by atoms with E-state index in [1.54, 1.807) is 38.9 Å².